The molecule has 0 spiro atoms. The smallest absolute Gasteiger partial charge is 0.168 e. The standard InChI is InChI=1S/C19H28F2O2/c1-6-8-12(9-7-2)19(22)16-13(11-18(19,3)4)14(20)10-15(21)17(16)23-5/h10,12,22H,6-9,11H2,1-5H3. The van der Waals surface area contributed by atoms with Crippen molar-refractivity contribution >= 4 is 0 Å². The topological polar surface area (TPSA) is 29.5 Å². The Bertz CT molecular complexity index is 577. The fraction of sp³-hybridized carbons (Fsp3) is 0.684. The Hall–Kier alpha value is -1.16. The maximum absolute atomic E-state index is 14.4. The summed E-state index contributed by atoms with van der Waals surface area (Å²) in [6.07, 6.45) is 3.84. The Kier molecular flexibility index (Phi) is 5.05. The lowest BCUT2D eigenvalue weighted by atomic mass is 9.65. The van der Waals surface area contributed by atoms with Gasteiger partial charge in [-0.05, 0) is 30.7 Å². The van der Waals surface area contributed by atoms with Gasteiger partial charge in [0.1, 0.15) is 11.4 Å². The van der Waals surface area contributed by atoms with Crippen molar-refractivity contribution in [3.05, 3.63) is 28.8 Å². The predicted molar refractivity (Wildman–Crippen MR) is 87.6 cm³/mol. The summed E-state index contributed by atoms with van der Waals surface area (Å²) in [5.74, 6) is -1.39. The summed E-state index contributed by atoms with van der Waals surface area (Å²) in [4.78, 5) is 0. The number of aliphatic hydroxyl groups is 1. The van der Waals surface area contributed by atoms with Crippen LogP contribution in [0, 0.1) is 23.0 Å². The lowest BCUT2D eigenvalue weighted by Gasteiger charge is -2.44. The van der Waals surface area contributed by atoms with E-state index in [1.807, 2.05) is 13.8 Å². The summed E-state index contributed by atoms with van der Waals surface area (Å²) in [5, 5.41) is 11.7. The molecule has 2 nitrogen and oxygen atoms in total. The van der Waals surface area contributed by atoms with E-state index in [2.05, 4.69) is 13.8 Å². The Morgan fingerprint density at radius 1 is 1.17 bits per heavy atom. The Balaban J connectivity index is 2.74. The summed E-state index contributed by atoms with van der Waals surface area (Å²) < 4.78 is 33.9. The summed E-state index contributed by atoms with van der Waals surface area (Å²) in [7, 11) is 1.37. The van der Waals surface area contributed by atoms with E-state index < -0.39 is 22.7 Å². The number of ether oxygens (including phenoxy) is 1. The largest absolute Gasteiger partial charge is 0.493 e. The molecule has 1 N–H and O–H groups in total. The van der Waals surface area contributed by atoms with Crippen LogP contribution < -0.4 is 4.74 Å². The minimum absolute atomic E-state index is 0.00770. The van der Waals surface area contributed by atoms with Crippen LogP contribution in [0.3, 0.4) is 0 Å². The first-order valence-corrected chi connectivity index (χ1v) is 8.52. The molecule has 0 amide bonds. The van der Waals surface area contributed by atoms with Crippen LogP contribution in [0.5, 0.6) is 5.75 Å². The highest BCUT2D eigenvalue weighted by Gasteiger charge is 2.57. The molecule has 1 atom stereocenters. The van der Waals surface area contributed by atoms with Gasteiger partial charge in [-0.2, -0.15) is 0 Å². The number of rotatable bonds is 6. The number of halogens is 2. The van der Waals surface area contributed by atoms with Crippen LogP contribution in [-0.4, -0.2) is 12.2 Å². The van der Waals surface area contributed by atoms with E-state index in [9.17, 15) is 13.9 Å². The maximum atomic E-state index is 14.4. The van der Waals surface area contributed by atoms with Gasteiger partial charge in [-0.1, -0.05) is 40.5 Å². The molecule has 0 aliphatic heterocycles. The third-order valence-corrected chi connectivity index (χ3v) is 5.39. The average molecular weight is 326 g/mol. The van der Waals surface area contributed by atoms with Gasteiger partial charge in [-0.15, -0.1) is 0 Å². The number of fused-ring (bicyclic) bond motifs is 1. The van der Waals surface area contributed by atoms with Gasteiger partial charge in [0.05, 0.1) is 7.11 Å². The van der Waals surface area contributed by atoms with Crippen LogP contribution >= 0.6 is 0 Å². The molecule has 0 saturated heterocycles. The highest BCUT2D eigenvalue weighted by Crippen LogP contribution is 2.59. The monoisotopic (exact) mass is 326 g/mol. The van der Waals surface area contributed by atoms with Crippen LogP contribution in [0.4, 0.5) is 8.78 Å². The zero-order chi connectivity index (χ0) is 17.4. The summed E-state index contributed by atoms with van der Waals surface area (Å²) in [6, 6.07) is 0.869. The highest BCUT2D eigenvalue weighted by molar-refractivity contribution is 5.52. The first-order valence-electron chi connectivity index (χ1n) is 8.52. The quantitative estimate of drug-likeness (QED) is 0.800. The van der Waals surface area contributed by atoms with Crippen molar-refractivity contribution in [1.29, 1.82) is 0 Å². The Labute approximate surface area is 137 Å². The molecule has 0 saturated carbocycles. The van der Waals surface area contributed by atoms with Crippen molar-refractivity contribution in [2.45, 2.75) is 65.4 Å². The summed E-state index contributed by atoms with van der Waals surface area (Å²) in [5.41, 5.74) is -1.14. The number of hydrogen-bond acceptors (Lipinski definition) is 2. The zero-order valence-corrected chi connectivity index (χ0v) is 14.8. The van der Waals surface area contributed by atoms with Gasteiger partial charge in [0.25, 0.3) is 0 Å². The third kappa shape index (κ3) is 2.65. The molecule has 1 aromatic carbocycles. The molecule has 2 rings (SSSR count). The Morgan fingerprint density at radius 2 is 1.74 bits per heavy atom. The van der Waals surface area contributed by atoms with Gasteiger partial charge in [0, 0.05) is 17.0 Å². The SMILES string of the molecule is CCCC(CCC)C1(O)c2c(c(F)cc(F)c2OC)CC1(C)C. The summed E-state index contributed by atoms with van der Waals surface area (Å²) >= 11 is 0. The second-order valence-electron chi connectivity index (χ2n) is 7.33. The van der Waals surface area contributed by atoms with Gasteiger partial charge in [0.15, 0.2) is 11.6 Å². The Morgan fingerprint density at radius 3 is 2.22 bits per heavy atom. The first-order chi connectivity index (χ1) is 10.7. The molecule has 0 bridgehead atoms. The van der Waals surface area contributed by atoms with E-state index in [-0.39, 0.29) is 11.7 Å². The maximum Gasteiger partial charge on any atom is 0.168 e. The van der Waals surface area contributed by atoms with E-state index in [4.69, 9.17) is 4.74 Å². The van der Waals surface area contributed by atoms with Crippen LogP contribution in [-0.2, 0) is 12.0 Å². The average Bonchev–Trinajstić information content (AvgIpc) is 2.69. The molecule has 0 heterocycles. The second-order valence-corrected chi connectivity index (χ2v) is 7.33. The van der Waals surface area contributed by atoms with E-state index in [1.165, 1.54) is 7.11 Å². The molecule has 0 aromatic heterocycles. The van der Waals surface area contributed by atoms with Gasteiger partial charge in [-0.25, -0.2) is 8.78 Å². The molecular formula is C19H28F2O2. The van der Waals surface area contributed by atoms with Crippen LogP contribution in [0.25, 0.3) is 0 Å². The fourth-order valence-corrected chi connectivity index (χ4v) is 4.35. The van der Waals surface area contributed by atoms with Crippen molar-refractivity contribution in [3.63, 3.8) is 0 Å². The summed E-state index contributed by atoms with van der Waals surface area (Å²) in [6.45, 7) is 8.00. The van der Waals surface area contributed by atoms with Crippen molar-refractivity contribution in [2.75, 3.05) is 7.11 Å². The number of methoxy groups -OCH3 is 1. The van der Waals surface area contributed by atoms with Crippen molar-refractivity contribution in [1.82, 2.24) is 0 Å². The molecule has 130 valence electrons. The van der Waals surface area contributed by atoms with Gasteiger partial charge in [-0.3, -0.25) is 0 Å². The third-order valence-electron chi connectivity index (χ3n) is 5.39. The first kappa shape index (κ1) is 18.2. The fourth-order valence-electron chi connectivity index (χ4n) is 4.35. The number of hydrogen-bond donors (Lipinski definition) is 1. The van der Waals surface area contributed by atoms with E-state index in [1.54, 1.807) is 0 Å². The molecule has 0 radical (unpaired) electrons. The second kappa shape index (κ2) is 6.39. The van der Waals surface area contributed by atoms with Crippen LogP contribution in [0.2, 0.25) is 0 Å². The molecule has 1 unspecified atom stereocenters. The highest BCUT2D eigenvalue weighted by atomic mass is 19.1. The van der Waals surface area contributed by atoms with Crippen molar-refractivity contribution in [2.24, 2.45) is 11.3 Å². The van der Waals surface area contributed by atoms with E-state index in [0.717, 1.165) is 31.7 Å². The van der Waals surface area contributed by atoms with Gasteiger partial charge < -0.3 is 9.84 Å². The molecule has 1 aliphatic rings. The van der Waals surface area contributed by atoms with Crippen LogP contribution in [0.1, 0.15) is 64.5 Å². The van der Waals surface area contributed by atoms with E-state index >= 15 is 0 Å². The molecular weight excluding hydrogens is 298 g/mol. The van der Waals surface area contributed by atoms with Crippen LogP contribution in [0.15, 0.2) is 6.07 Å². The molecule has 0 fully saturated rings. The molecule has 4 heteroatoms. The number of benzene rings is 1. The zero-order valence-electron chi connectivity index (χ0n) is 14.8. The molecule has 23 heavy (non-hydrogen) atoms. The van der Waals surface area contributed by atoms with Crippen molar-refractivity contribution in [3.8, 4) is 5.75 Å². The minimum atomic E-state index is -1.29. The lowest BCUT2D eigenvalue weighted by molar-refractivity contribution is -0.114. The lowest BCUT2D eigenvalue weighted by Crippen LogP contribution is -2.45. The van der Waals surface area contributed by atoms with E-state index in [0.29, 0.717) is 17.5 Å². The predicted octanol–water partition coefficient (Wildman–Crippen LogP) is 4.96. The molecule has 1 aromatic rings. The van der Waals surface area contributed by atoms with Gasteiger partial charge in [0.2, 0.25) is 0 Å². The minimum Gasteiger partial charge on any atom is -0.493 e. The van der Waals surface area contributed by atoms with Gasteiger partial charge >= 0.3 is 0 Å². The normalized spacial score (nSPS) is 22.5. The van der Waals surface area contributed by atoms with Crippen molar-refractivity contribution < 1.29 is 18.6 Å². The molecule has 1 aliphatic carbocycles.